The zero-order valence-electron chi connectivity index (χ0n) is 13.6. The Balaban J connectivity index is 1.68. The van der Waals surface area contributed by atoms with Gasteiger partial charge >= 0.3 is 6.03 Å². The van der Waals surface area contributed by atoms with Gasteiger partial charge in [-0.25, -0.2) is 4.79 Å². The van der Waals surface area contributed by atoms with Gasteiger partial charge in [0.15, 0.2) is 5.82 Å². The summed E-state index contributed by atoms with van der Waals surface area (Å²) < 4.78 is 5.37. The lowest BCUT2D eigenvalue weighted by Crippen LogP contribution is -2.41. The molecule has 1 aromatic heterocycles. The third-order valence-corrected chi connectivity index (χ3v) is 4.32. The quantitative estimate of drug-likeness (QED) is 0.870. The summed E-state index contributed by atoms with van der Waals surface area (Å²) in [7, 11) is 0. The monoisotopic (exact) mass is 314 g/mol. The van der Waals surface area contributed by atoms with Gasteiger partial charge in [0.05, 0.1) is 0 Å². The minimum Gasteiger partial charge on any atom is -0.334 e. The van der Waals surface area contributed by atoms with Gasteiger partial charge in [-0.05, 0) is 32.4 Å². The van der Waals surface area contributed by atoms with Gasteiger partial charge in [0.1, 0.15) is 0 Å². The first kappa shape index (κ1) is 15.5. The van der Waals surface area contributed by atoms with Gasteiger partial charge < -0.3 is 14.3 Å². The molecule has 1 unspecified atom stereocenters. The van der Waals surface area contributed by atoms with Crippen LogP contribution in [0.3, 0.4) is 0 Å². The van der Waals surface area contributed by atoms with Gasteiger partial charge in [-0.2, -0.15) is 4.98 Å². The van der Waals surface area contributed by atoms with Crippen molar-refractivity contribution in [3.8, 4) is 11.5 Å². The van der Waals surface area contributed by atoms with Crippen LogP contribution in [0.2, 0.25) is 0 Å². The van der Waals surface area contributed by atoms with Gasteiger partial charge in [0, 0.05) is 37.7 Å². The van der Waals surface area contributed by atoms with E-state index in [1.807, 2.05) is 54.0 Å². The van der Waals surface area contributed by atoms with E-state index in [0.29, 0.717) is 18.3 Å². The molecule has 0 saturated carbocycles. The fourth-order valence-corrected chi connectivity index (χ4v) is 2.94. The fourth-order valence-electron chi connectivity index (χ4n) is 2.94. The average molecular weight is 314 g/mol. The Morgan fingerprint density at radius 3 is 2.74 bits per heavy atom. The molecule has 23 heavy (non-hydrogen) atoms. The van der Waals surface area contributed by atoms with Crippen LogP contribution in [0.15, 0.2) is 34.9 Å². The number of urea groups is 1. The molecule has 2 aromatic rings. The lowest BCUT2D eigenvalue weighted by Gasteiger charge is -2.25. The first-order chi connectivity index (χ1) is 11.2. The number of nitrogens with zero attached hydrogens (tertiary/aromatic N) is 4. The molecule has 2 heterocycles. The summed E-state index contributed by atoms with van der Waals surface area (Å²) in [5.41, 5.74) is 0.917. The van der Waals surface area contributed by atoms with Crippen molar-refractivity contribution in [3.05, 3.63) is 36.2 Å². The molecule has 1 fully saturated rings. The second-order valence-corrected chi connectivity index (χ2v) is 5.71. The minimum atomic E-state index is 0.101. The fraction of sp³-hybridized carbons (Fsp3) is 0.471. The topological polar surface area (TPSA) is 62.5 Å². The largest absolute Gasteiger partial charge is 0.334 e. The van der Waals surface area contributed by atoms with Crippen molar-refractivity contribution in [1.29, 1.82) is 0 Å². The van der Waals surface area contributed by atoms with Crippen LogP contribution in [0.25, 0.3) is 11.5 Å². The second-order valence-electron chi connectivity index (χ2n) is 5.71. The summed E-state index contributed by atoms with van der Waals surface area (Å²) in [4.78, 5) is 20.6. The highest BCUT2D eigenvalue weighted by Gasteiger charge is 2.32. The lowest BCUT2D eigenvalue weighted by molar-refractivity contribution is 0.167. The molecule has 6 heteroatoms. The van der Waals surface area contributed by atoms with E-state index in [1.54, 1.807) is 0 Å². The highest BCUT2D eigenvalue weighted by Crippen LogP contribution is 2.27. The first-order valence-electron chi connectivity index (χ1n) is 8.15. The van der Waals surface area contributed by atoms with Crippen LogP contribution in [0, 0.1) is 0 Å². The molecule has 0 N–H and O–H groups in total. The summed E-state index contributed by atoms with van der Waals surface area (Å²) in [6, 6.07) is 9.83. The van der Waals surface area contributed by atoms with Gasteiger partial charge in [0.2, 0.25) is 0 Å². The highest BCUT2D eigenvalue weighted by atomic mass is 16.5. The van der Waals surface area contributed by atoms with E-state index in [-0.39, 0.29) is 11.9 Å². The number of hydrogen-bond acceptors (Lipinski definition) is 4. The summed E-state index contributed by atoms with van der Waals surface area (Å²) >= 11 is 0. The van der Waals surface area contributed by atoms with Gasteiger partial charge in [-0.1, -0.05) is 23.4 Å². The maximum Gasteiger partial charge on any atom is 0.320 e. The highest BCUT2D eigenvalue weighted by molar-refractivity contribution is 5.74. The zero-order valence-corrected chi connectivity index (χ0v) is 13.6. The van der Waals surface area contributed by atoms with Crippen molar-refractivity contribution in [2.45, 2.75) is 26.2 Å². The van der Waals surface area contributed by atoms with E-state index in [1.165, 1.54) is 0 Å². The molecule has 122 valence electrons. The Kier molecular flexibility index (Phi) is 4.60. The Bertz CT molecular complexity index is 652. The van der Waals surface area contributed by atoms with Crippen LogP contribution in [0.1, 0.15) is 32.0 Å². The predicted octanol–water partition coefficient (Wildman–Crippen LogP) is 2.99. The van der Waals surface area contributed by atoms with E-state index in [4.69, 9.17) is 4.52 Å². The Labute approximate surface area is 136 Å². The standard InChI is InChI=1S/C17H22N4O2/c1-3-20(4-2)17(22)21-11-10-14(12-21)15-18-16(23-19-15)13-8-6-5-7-9-13/h5-9,14H,3-4,10-12H2,1-2H3. The van der Waals surface area contributed by atoms with Crippen molar-refractivity contribution < 1.29 is 9.32 Å². The average Bonchev–Trinajstić information content (AvgIpc) is 3.26. The first-order valence-corrected chi connectivity index (χ1v) is 8.15. The number of hydrogen-bond donors (Lipinski definition) is 0. The number of likely N-dealkylation sites (tertiary alicyclic amines) is 1. The smallest absolute Gasteiger partial charge is 0.320 e. The number of carbonyl (C=O) groups excluding carboxylic acids is 1. The third-order valence-electron chi connectivity index (χ3n) is 4.32. The third kappa shape index (κ3) is 3.21. The molecule has 0 aliphatic carbocycles. The molecule has 0 radical (unpaired) electrons. The van der Waals surface area contributed by atoms with Crippen LogP contribution < -0.4 is 0 Å². The molecule has 3 rings (SSSR count). The molecule has 0 spiro atoms. The summed E-state index contributed by atoms with van der Waals surface area (Å²) in [6.07, 6.45) is 0.876. The van der Waals surface area contributed by atoms with E-state index >= 15 is 0 Å². The van der Waals surface area contributed by atoms with Crippen molar-refractivity contribution >= 4 is 6.03 Å². The van der Waals surface area contributed by atoms with Crippen LogP contribution >= 0.6 is 0 Å². The SMILES string of the molecule is CCN(CC)C(=O)N1CCC(c2noc(-c3ccccc3)n2)C1. The molecule has 1 atom stereocenters. The van der Waals surface area contributed by atoms with Crippen molar-refractivity contribution in [3.63, 3.8) is 0 Å². The molecule has 2 amide bonds. The molecule has 6 nitrogen and oxygen atoms in total. The Morgan fingerprint density at radius 1 is 1.30 bits per heavy atom. The summed E-state index contributed by atoms with van der Waals surface area (Å²) in [5, 5.41) is 4.12. The molecule has 0 bridgehead atoms. The summed E-state index contributed by atoms with van der Waals surface area (Å²) in [6.45, 7) is 6.87. The van der Waals surface area contributed by atoms with Crippen molar-refractivity contribution in [2.24, 2.45) is 0 Å². The molecular weight excluding hydrogens is 292 g/mol. The van der Waals surface area contributed by atoms with E-state index in [2.05, 4.69) is 10.1 Å². The Morgan fingerprint density at radius 2 is 2.04 bits per heavy atom. The van der Waals surface area contributed by atoms with Gasteiger partial charge in [-0.3, -0.25) is 0 Å². The molecule has 1 aromatic carbocycles. The number of amides is 2. The number of carbonyl (C=O) groups is 1. The van der Waals surface area contributed by atoms with E-state index in [0.717, 1.165) is 31.6 Å². The molecule has 1 saturated heterocycles. The Hall–Kier alpha value is -2.37. The second kappa shape index (κ2) is 6.81. The van der Waals surface area contributed by atoms with Gasteiger partial charge in [-0.15, -0.1) is 0 Å². The number of aromatic nitrogens is 2. The lowest BCUT2D eigenvalue weighted by atomic mass is 10.1. The van der Waals surface area contributed by atoms with Crippen LogP contribution in [-0.2, 0) is 0 Å². The predicted molar refractivity (Wildman–Crippen MR) is 87.0 cm³/mol. The van der Waals surface area contributed by atoms with Crippen molar-refractivity contribution in [1.82, 2.24) is 19.9 Å². The van der Waals surface area contributed by atoms with Crippen LogP contribution in [-0.4, -0.2) is 52.2 Å². The number of rotatable bonds is 4. The van der Waals surface area contributed by atoms with Crippen molar-refractivity contribution in [2.75, 3.05) is 26.2 Å². The van der Waals surface area contributed by atoms with Gasteiger partial charge in [0.25, 0.3) is 5.89 Å². The molecule has 1 aliphatic heterocycles. The maximum atomic E-state index is 12.4. The maximum absolute atomic E-state index is 12.4. The van der Waals surface area contributed by atoms with E-state index < -0.39 is 0 Å². The molecule has 1 aliphatic rings. The zero-order chi connectivity index (χ0) is 16.2. The van der Waals surface area contributed by atoms with Crippen LogP contribution in [0.4, 0.5) is 4.79 Å². The number of benzene rings is 1. The van der Waals surface area contributed by atoms with E-state index in [9.17, 15) is 4.79 Å². The molecular formula is C17H22N4O2. The van der Waals surface area contributed by atoms with Crippen LogP contribution in [0.5, 0.6) is 0 Å². The normalized spacial score (nSPS) is 17.5. The summed E-state index contributed by atoms with van der Waals surface area (Å²) in [5.74, 6) is 1.38. The minimum absolute atomic E-state index is 0.101.